The average Bonchev–Trinajstić information content (AvgIpc) is 3.00. The fourth-order valence-electron chi connectivity index (χ4n) is 6.13. The SMILES string of the molecule is C/C=C\C=C(/CC)N(C1=CC=CC(C)C1)c1ccc(C2C=CC(N(c3ccccc3)c3cccc(C)c3)CC2)cc1. The van der Waals surface area contributed by atoms with Crippen LogP contribution >= 0.6 is 0 Å². The molecule has 3 aromatic rings. The van der Waals surface area contributed by atoms with E-state index >= 15 is 0 Å². The van der Waals surface area contributed by atoms with E-state index in [9.17, 15) is 0 Å². The van der Waals surface area contributed by atoms with E-state index in [2.05, 4.69) is 165 Å². The van der Waals surface area contributed by atoms with Crippen molar-refractivity contribution in [3.63, 3.8) is 0 Å². The summed E-state index contributed by atoms with van der Waals surface area (Å²) in [6.07, 6.45) is 22.5. The van der Waals surface area contributed by atoms with Gasteiger partial charge < -0.3 is 9.80 Å². The molecule has 5 rings (SSSR count). The zero-order valence-electron chi connectivity index (χ0n) is 25.1. The zero-order chi connectivity index (χ0) is 28.6. The van der Waals surface area contributed by atoms with Gasteiger partial charge in [-0.05, 0) is 105 Å². The largest absolute Gasteiger partial charge is 0.335 e. The van der Waals surface area contributed by atoms with Crippen molar-refractivity contribution >= 4 is 17.1 Å². The first kappa shape index (κ1) is 28.5. The molecule has 0 bridgehead atoms. The highest BCUT2D eigenvalue weighted by Crippen LogP contribution is 2.37. The molecule has 0 N–H and O–H groups in total. The fraction of sp³-hybridized carbons (Fsp3) is 0.282. The standard InChI is InChI=1S/C39H44N2/c1-5-7-15-34(6-2)40(38-18-11-13-30(3)28-38)36-24-20-32(21-25-36)33-22-26-37(27-23-33)41(35-16-9-8-10-17-35)39-19-12-14-31(4)29-39/h5,7-22,24-26,29-30,33,37H,6,23,27-28H2,1-4H3/b7-5-,34-15+. The minimum absolute atomic E-state index is 0.336. The number of hydrogen-bond donors (Lipinski definition) is 0. The first-order valence-electron chi connectivity index (χ1n) is 15.3. The Labute approximate surface area is 247 Å². The predicted molar refractivity (Wildman–Crippen MR) is 178 cm³/mol. The Hall–Kier alpha value is -4.04. The van der Waals surface area contributed by atoms with Crippen LogP contribution in [0.4, 0.5) is 17.1 Å². The Balaban J connectivity index is 1.39. The van der Waals surface area contributed by atoms with Gasteiger partial charge >= 0.3 is 0 Å². The lowest BCUT2D eigenvalue weighted by Gasteiger charge is -2.35. The third kappa shape index (κ3) is 6.82. The van der Waals surface area contributed by atoms with E-state index in [0.717, 1.165) is 25.7 Å². The lowest BCUT2D eigenvalue weighted by molar-refractivity contribution is 0.586. The number of allylic oxidation sites excluding steroid dienone is 9. The molecule has 2 aliphatic carbocycles. The second kappa shape index (κ2) is 13.5. The minimum Gasteiger partial charge on any atom is -0.335 e. The zero-order valence-corrected chi connectivity index (χ0v) is 25.1. The number of benzene rings is 3. The van der Waals surface area contributed by atoms with Crippen LogP contribution in [0.15, 0.2) is 139 Å². The van der Waals surface area contributed by atoms with Crippen molar-refractivity contribution in [2.75, 3.05) is 9.80 Å². The lowest BCUT2D eigenvalue weighted by atomic mass is 9.86. The van der Waals surface area contributed by atoms with Gasteiger partial charge in [0.05, 0.1) is 6.04 Å². The summed E-state index contributed by atoms with van der Waals surface area (Å²) in [5, 5.41) is 0. The monoisotopic (exact) mass is 540 g/mol. The van der Waals surface area contributed by atoms with Gasteiger partial charge in [-0.25, -0.2) is 0 Å². The van der Waals surface area contributed by atoms with Gasteiger partial charge in [0.1, 0.15) is 0 Å². The first-order valence-corrected chi connectivity index (χ1v) is 15.3. The summed E-state index contributed by atoms with van der Waals surface area (Å²) >= 11 is 0. The molecule has 3 atom stereocenters. The number of anilines is 3. The van der Waals surface area contributed by atoms with Crippen molar-refractivity contribution in [1.29, 1.82) is 0 Å². The third-order valence-electron chi connectivity index (χ3n) is 8.24. The maximum atomic E-state index is 2.50. The van der Waals surface area contributed by atoms with Crippen LogP contribution in [-0.2, 0) is 0 Å². The molecular formula is C39H44N2. The second-order valence-corrected chi connectivity index (χ2v) is 11.4. The van der Waals surface area contributed by atoms with Gasteiger partial charge in [0.25, 0.3) is 0 Å². The molecule has 0 saturated heterocycles. The van der Waals surface area contributed by atoms with Crippen LogP contribution in [0, 0.1) is 12.8 Å². The molecule has 0 spiro atoms. The number of aryl methyl sites for hydroxylation is 1. The highest BCUT2D eigenvalue weighted by molar-refractivity contribution is 5.66. The molecule has 0 saturated carbocycles. The summed E-state index contributed by atoms with van der Waals surface area (Å²) in [7, 11) is 0. The van der Waals surface area contributed by atoms with Crippen molar-refractivity contribution in [2.24, 2.45) is 5.92 Å². The van der Waals surface area contributed by atoms with Gasteiger partial charge in [-0.1, -0.05) is 92.8 Å². The summed E-state index contributed by atoms with van der Waals surface area (Å²) < 4.78 is 0. The molecule has 0 aliphatic heterocycles. The van der Waals surface area contributed by atoms with E-state index < -0.39 is 0 Å². The van der Waals surface area contributed by atoms with Gasteiger partial charge in [0.15, 0.2) is 0 Å². The fourth-order valence-corrected chi connectivity index (χ4v) is 6.13. The molecule has 0 heterocycles. The smallest absolute Gasteiger partial charge is 0.0522 e. The number of nitrogens with zero attached hydrogens (tertiary/aromatic N) is 2. The summed E-state index contributed by atoms with van der Waals surface area (Å²) in [4.78, 5) is 4.97. The van der Waals surface area contributed by atoms with Gasteiger partial charge in [-0.2, -0.15) is 0 Å². The van der Waals surface area contributed by atoms with Crippen LogP contribution < -0.4 is 9.80 Å². The predicted octanol–water partition coefficient (Wildman–Crippen LogP) is 10.8. The maximum absolute atomic E-state index is 2.50. The van der Waals surface area contributed by atoms with Crippen LogP contribution in [0.1, 0.15) is 63.5 Å². The minimum atomic E-state index is 0.336. The van der Waals surface area contributed by atoms with E-state index in [4.69, 9.17) is 0 Å². The topological polar surface area (TPSA) is 6.48 Å². The molecule has 2 nitrogen and oxygen atoms in total. The Kier molecular flexibility index (Phi) is 9.41. The molecule has 0 fully saturated rings. The first-order chi connectivity index (χ1) is 20.1. The Morgan fingerprint density at radius 1 is 0.854 bits per heavy atom. The highest BCUT2D eigenvalue weighted by atomic mass is 15.2. The number of rotatable bonds is 9. The molecule has 0 amide bonds. The average molecular weight is 541 g/mol. The van der Waals surface area contributed by atoms with Crippen LogP contribution in [0.3, 0.4) is 0 Å². The Morgan fingerprint density at radius 2 is 1.63 bits per heavy atom. The van der Waals surface area contributed by atoms with E-state index in [1.165, 1.54) is 39.6 Å². The van der Waals surface area contributed by atoms with Crippen molar-refractivity contribution in [1.82, 2.24) is 0 Å². The molecule has 3 aromatic carbocycles. The van der Waals surface area contributed by atoms with E-state index in [1.807, 2.05) is 0 Å². The molecule has 2 aliphatic rings. The van der Waals surface area contributed by atoms with Crippen LogP contribution in [0.2, 0.25) is 0 Å². The Morgan fingerprint density at radius 3 is 2.29 bits per heavy atom. The normalized spacial score (nSPS) is 20.7. The molecule has 3 unspecified atom stereocenters. The van der Waals surface area contributed by atoms with Gasteiger partial charge in [0, 0.05) is 34.4 Å². The van der Waals surface area contributed by atoms with Crippen molar-refractivity contribution in [2.45, 2.75) is 65.3 Å². The Bertz CT molecular complexity index is 1440. The van der Waals surface area contributed by atoms with Gasteiger partial charge in [-0.3, -0.25) is 0 Å². The van der Waals surface area contributed by atoms with Crippen LogP contribution in [0.5, 0.6) is 0 Å². The van der Waals surface area contributed by atoms with E-state index in [-0.39, 0.29) is 0 Å². The van der Waals surface area contributed by atoms with E-state index in [1.54, 1.807) is 0 Å². The number of hydrogen-bond acceptors (Lipinski definition) is 2. The number of para-hydroxylation sites is 1. The molecule has 2 heteroatoms. The second-order valence-electron chi connectivity index (χ2n) is 11.4. The maximum Gasteiger partial charge on any atom is 0.0522 e. The van der Waals surface area contributed by atoms with Crippen LogP contribution in [0.25, 0.3) is 0 Å². The van der Waals surface area contributed by atoms with E-state index in [0.29, 0.717) is 17.9 Å². The third-order valence-corrected chi connectivity index (χ3v) is 8.24. The van der Waals surface area contributed by atoms with Crippen molar-refractivity contribution in [3.8, 4) is 0 Å². The summed E-state index contributed by atoms with van der Waals surface area (Å²) in [5.74, 6) is 0.983. The van der Waals surface area contributed by atoms with Crippen molar-refractivity contribution < 1.29 is 0 Å². The quantitative estimate of drug-likeness (QED) is 0.197. The van der Waals surface area contributed by atoms with Crippen LogP contribution in [-0.4, -0.2) is 6.04 Å². The highest BCUT2D eigenvalue weighted by Gasteiger charge is 2.25. The molecular weight excluding hydrogens is 496 g/mol. The van der Waals surface area contributed by atoms with Gasteiger partial charge in [0.2, 0.25) is 0 Å². The molecule has 41 heavy (non-hydrogen) atoms. The van der Waals surface area contributed by atoms with Crippen molar-refractivity contribution in [3.05, 3.63) is 150 Å². The summed E-state index contributed by atoms with van der Waals surface area (Å²) in [5.41, 5.74) is 9.11. The molecule has 0 radical (unpaired) electrons. The summed E-state index contributed by atoms with van der Waals surface area (Å²) in [6.45, 7) is 8.80. The van der Waals surface area contributed by atoms with Gasteiger partial charge in [-0.15, -0.1) is 0 Å². The molecule has 210 valence electrons. The summed E-state index contributed by atoms with van der Waals surface area (Å²) in [6, 6.07) is 29.3. The lowest BCUT2D eigenvalue weighted by Crippen LogP contribution is -2.31. The molecule has 0 aromatic heterocycles.